The fourth-order valence-electron chi connectivity index (χ4n) is 3.18. The lowest BCUT2D eigenvalue weighted by Gasteiger charge is -2.42. The number of oxazole rings is 1. The molecule has 3 rings (SSSR count). The Morgan fingerprint density at radius 3 is 2.84 bits per heavy atom. The number of fused-ring (bicyclic) bond motifs is 1. The van der Waals surface area contributed by atoms with Crippen molar-refractivity contribution in [2.24, 2.45) is 12.5 Å². The molecule has 0 saturated heterocycles. The minimum absolute atomic E-state index is 0.291. The lowest BCUT2D eigenvalue weighted by Crippen LogP contribution is -2.40. The number of nitrogens with zero attached hydrogens (tertiary/aromatic N) is 1. The summed E-state index contributed by atoms with van der Waals surface area (Å²) in [7, 11) is 3.77. The van der Waals surface area contributed by atoms with E-state index in [9.17, 15) is 4.79 Å². The molecule has 1 heterocycles. The second-order valence-electron chi connectivity index (χ2n) is 5.79. The molecule has 0 amide bonds. The van der Waals surface area contributed by atoms with Crippen LogP contribution >= 0.6 is 0 Å². The number of aromatic nitrogens is 1. The Morgan fingerprint density at radius 2 is 2.21 bits per heavy atom. The predicted octanol–water partition coefficient (Wildman–Crippen LogP) is 2.06. The van der Waals surface area contributed by atoms with Gasteiger partial charge in [-0.3, -0.25) is 4.57 Å². The largest absolute Gasteiger partial charge is 0.419 e. The molecule has 0 unspecified atom stereocenters. The minimum Gasteiger partial charge on any atom is -0.408 e. The van der Waals surface area contributed by atoms with E-state index in [2.05, 4.69) is 17.4 Å². The van der Waals surface area contributed by atoms with Gasteiger partial charge in [0, 0.05) is 13.6 Å². The highest BCUT2D eigenvalue weighted by atomic mass is 16.4. The summed E-state index contributed by atoms with van der Waals surface area (Å²) in [6, 6.07) is 6.09. The highest BCUT2D eigenvalue weighted by Crippen LogP contribution is 2.43. The Hall–Kier alpha value is -1.55. The van der Waals surface area contributed by atoms with Crippen molar-refractivity contribution in [3.8, 4) is 0 Å². The van der Waals surface area contributed by atoms with Crippen molar-refractivity contribution in [1.29, 1.82) is 0 Å². The van der Waals surface area contributed by atoms with E-state index in [0.29, 0.717) is 11.0 Å². The maximum atomic E-state index is 11.5. The van der Waals surface area contributed by atoms with Gasteiger partial charge in [-0.15, -0.1) is 0 Å². The molecule has 1 N–H and O–H groups in total. The van der Waals surface area contributed by atoms with Gasteiger partial charge in [-0.2, -0.15) is 0 Å². The van der Waals surface area contributed by atoms with Crippen molar-refractivity contribution in [3.63, 3.8) is 0 Å². The molecular formula is C15H20N2O2. The van der Waals surface area contributed by atoms with Gasteiger partial charge >= 0.3 is 5.76 Å². The van der Waals surface area contributed by atoms with Crippen LogP contribution in [0.4, 0.5) is 0 Å². The molecular weight excluding hydrogens is 240 g/mol. The molecule has 0 radical (unpaired) electrons. The summed E-state index contributed by atoms with van der Waals surface area (Å²) in [6.07, 6.45) is 4.98. The van der Waals surface area contributed by atoms with E-state index in [-0.39, 0.29) is 5.76 Å². The van der Waals surface area contributed by atoms with Crippen LogP contribution in [0.3, 0.4) is 0 Å². The fraction of sp³-hybridized carbons (Fsp3) is 0.533. The van der Waals surface area contributed by atoms with Crippen LogP contribution in [0.25, 0.3) is 11.1 Å². The molecule has 0 atom stereocenters. The predicted molar refractivity (Wildman–Crippen MR) is 75.4 cm³/mol. The number of hydrogen-bond acceptors (Lipinski definition) is 3. The maximum absolute atomic E-state index is 11.5. The Balaban J connectivity index is 1.93. The van der Waals surface area contributed by atoms with Gasteiger partial charge < -0.3 is 9.73 Å². The fourth-order valence-corrected chi connectivity index (χ4v) is 3.18. The Morgan fingerprint density at radius 1 is 1.42 bits per heavy atom. The molecule has 1 aromatic heterocycles. The molecule has 4 nitrogen and oxygen atoms in total. The average Bonchev–Trinajstić information content (AvgIpc) is 2.63. The molecule has 4 heteroatoms. The van der Waals surface area contributed by atoms with Crippen molar-refractivity contribution >= 4 is 11.1 Å². The van der Waals surface area contributed by atoms with Crippen LogP contribution in [0.1, 0.15) is 24.8 Å². The lowest BCUT2D eigenvalue weighted by molar-refractivity contribution is 0.133. The first kappa shape index (κ1) is 12.5. The highest BCUT2D eigenvalue weighted by Gasteiger charge is 2.36. The topological polar surface area (TPSA) is 47.2 Å². The first-order chi connectivity index (χ1) is 9.13. The van der Waals surface area contributed by atoms with E-state index in [4.69, 9.17) is 4.42 Å². The molecule has 0 spiro atoms. The first-order valence-corrected chi connectivity index (χ1v) is 6.87. The van der Waals surface area contributed by atoms with Crippen molar-refractivity contribution < 1.29 is 4.42 Å². The van der Waals surface area contributed by atoms with E-state index in [1.165, 1.54) is 24.8 Å². The molecule has 2 aromatic rings. The molecule has 1 fully saturated rings. The second kappa shape index (κ2) is 4.53. The quantitative estimate of drug-likeness (QED) is 0.915. The van der Waals surface area contributed by atoms with Crippen molar-refractivity contribution in [2.75, 3.05) is 13.6 Å². The van der Waals surface area contributed by atoms with Crippen LogP contribution in [0.15, 0.2) is 27.4 Å². The van der Waals surface area contributed by atoms with Gasteiger partial charge in [-0.25, -0.2) is 4.79 Å². The van der Waals surface area contributed by atoms with Crippen LogP contribution < -0.4 is 11.1 Å². The van der Waals surface area contributed by atoms with Gasteiger partial charge in [0.05, 0.1) is 5.52 Å². The molecule has 102 valence electrons. The van der Waals surface area contributed by atoms with E-state index in [1.807, 2.05) is 13.1 Å². The third-order valence-electron chi connectivity index (χ3n) is 4.40. The third kappa shape index (κ3) is 2.10. The van der Waals surface area contributed by atoms with Crippen LogP contribution in [0.2, 0.25) is 0 Å². The maximum Gasteiger partial charge on any atom is 0.419 e. The molecule has 1 saturated carbocycles. The van der Waals surface area contributed by atoms with Gasteiger partial charge in [0.2, 0.25) is 0 Å². The monoisotopic (exact) mass is 260 g/mol. The SMILES string of the molecule is CNCC1(Cc2ccc3oc(=O)n(C)c3c2)CCC1. The zero-order valence-electron chi connectivity index (χ0n) is 11.5. The van der Waals surface area contributed by atoms with Crippen molar-refractivity contribution in [1.82, 2.24) is 9.88 Å². The number of nitrogens with one attached hydrogen (secondary N) is 1. The molecule has 1 aromatic carbocycles. The number of hydrogen-bond donors (Lipinski definition) is 1. The smallest absolute Gasteiger partial charge is 0.408 e. The minimum atomic E-state index is -0.291. The van der Waals surface area contributed by atoms with Gasteiger partial charge in [0.15, 0.2) is 5.58 Å². The van der Waals surface area contributed by atoms with E-state index >= 15 is 0 Å². The average molecular weight is 260 g/mol. The zero-order valence-corrected chi connectivity index (χ0v) is 11.5. The van der Waals surface area contributed by atoms with Crippen LogP contribution in [0, 0.1) is 5.41 Å². The van der Waals surface area contributed by atoms with Gasteiger partial charge in [0.1, 0.15) is 0 Å². The summed E-state index contributed by atoms with van der Waals surface area (Å²) in [5.41, 5.74) is 3.26. The van der Waals surface area contributed by atoms with Crippen LogP contribution in [-0.2, 0) is 13.5 Å². The normalized spacial score (nSPS) is 17.6. The van der Waals surface area contributed by atoms with Crippen LogP contribution in [-0.4, -0.2) is 18.2 Å². The number of aryl methyl sites for hydroxylation is 1. The summed E-state index contributed by atoms with van der Waals surface area (Å²) < 4.78 is 6.74. The van der Waals surface area contributed by atoms with Gasteiger partial charge in [-0.05, 0) is 49.4 Å². The summed E-state index contributed by atoms with van der Waals surface area (Å²) >= 11 is 0. The summed E-state index contributed by atoms with van der Waals surface area (Å²) in [4.78, 5) is 11.5. The zero-order chi connectivity index (χ0) is 13.5. The second-order valence-corrected chi connectivity index (χ2v) is 5.79. The molecule has 0 aliphatic heterocycles. The standard InChI is InChI=1S/C15H20N2O2/c1-16-10-15(6-3-7-15)9-11-4-5-13-12(8-11)17(2)14(18)19-13/h4-5,8,16H,3,6-7,9-10H2,1-2H3. The van der Waals surface area contributed by atoms with Crippen molar-refractivity contribution in [2.45, 2.75) is 25.7 Å². The summed E-state index contributed by atoms with van der Waals surface area (Å²) in [5, 5.41) is 3.31. The molecule has 1 aliphatic carbocycles. The van der Waals surface area contributed by atoms with E-state index in [1.54, 1.807) is 11.6 Å². The lowest BCUT2D eigenvalue weighted by atomic mass is 9.65. The van der Waals surface area contributed by atoms with Crippen molar-refractivity contribution in [3.05, 3.63) is 34.3 Å². The molecule has 0 bridgehead atoms. The first-order valence-electron chi connectivity index (χ1n) is 6.87. The Labute approximate surface area is 112 Å². The molecule has 1 aliphatic rings. The Bertz CT molecular complexity index is 650. The number of rotatable bonds is 4. The Kier molecular flexibility index (Phi) is 2.97. The van der Waals surface area contributed by atoms with E-state index in [0.717, 1.165) is 18.5 Å². The summed E-state index contributed by atoms with van der Waals surface area (Å²) in [6.45, 7) is 1.06. The summed E-state index contributed by atoms with van der Waals surface area (Å²) in [5.74, 6) is -0.291. The molecule has 19 heavy (non-hydrogen) atoms. The third-order valence-corrected chi connectivity index (χ3v) is 4.40. The van der Waals surface area contributed by atoms with Gasteiger partial charge in [-0.1, -0.05) is 12.5 Å². The highest BCUT2D eigenvalue weighted by molar-refractivity contribution is 5.73. The van der Waals surface area contributed by atoms with E-state index < -0.39 is 0 Å². The van der Waals surface area contributed by atoms with Gasteiger partial charge in [0.25, 0.3) is 0 Å². The number of benzene rings is 1. The van der Waals surface area contributed by atoms with Crippen LogP contribution in [0.5, 0.6) is 0 Å².